The van der Waals surface area contributed by atoms with Gasteiger partial charge in [-0.3, -0.25) is 9.59 Å². The zero-order valence-electron chi connectivity index (χ0n) is 22.9. The fourth-order valence-electron chi connectivity index (χ4n) is 3.78. The van der Waals surface area contributed by atoms with E-state index in [4.69, 9.17) is 9.47 Å². The Labute approximate surface area is 210 Å². The lowest BCUT2D eigenvalue weighted by atomic mass is 10.1. The Kier molecular flexibility index (Phi) is 23.4. The van der Waals surface area contributed by atoms with Crippen LogP contribution in [-0.2, 0) is 19.1 Å². The molecule has 0 aliphatic carbocycles. The van der Waals surface area contributed by atoms with Gasteiger partial charge in [0.15, 0.2) is 0 Å². The fraction of sp³-hybridized carbons (Fsp3) is 0.800. The van der Waals surface area contributed by atoms with Gasteiger partial charge in [0.2, 0.25) is 0 Å². The fourth-order valence-corrected chi connectivity index (χ4v) is 3.78. The summed E-state index contributed by atoms with van der Waals surface area (Å²) >= 11 is 0. The third-order valence-corrected chi connectivity index (χ3v) is 6.04. The molecule has 4 heteroatoms. The van der Waals surface area contributed by atoms with Crippen molar-refractivity contribution in [2.75, 3.05) is 13.2 Å². The molecule has 0 unspecified atom stereocenters. The highest BCUT2D eigenvalue weighted by Gasteiger charge is 2.04. The first-order valence-corrected chi connectivity index (χ1v) is 14.1. The van der Waals surface area contributed by atoms with Crippen LogP contribution >= 0.6 is 0 Å². The molecular formula is C30H54O4. The largest absolute Gasteiger partial charge is 0.466 e. The zero-order valence-corrected chi connectivity index (χ0v) is 22.9. The summed E-state index contributed by atoms with van der Waals surface area (Å²) in [5.41, 5.74) is 2.61. The maximum absolute atomic E-state index is 11.8. The van der Waals surface area contributed by atoms with Crippen LogP contribution in [0.25, 0.3) is 0 Å². The molecule has 0 bridgehead atoms. The Bertz CT molecular complexity index is 558. The molecule has 198 valence electrons. The van der Waals surface area contributed by atoms with Gasteiger partial charge < -0.3 is 9.47 Å². The predicted molar refractivity (Wildman–Crippen MR) is 144 cm³/mol. The van der Waals surface area contributed by atoms with Gasteiger partial charge in [0.25, 0.3) is 0 Å². The molecule has 34 heavy (non-hydrogen) atoms. The van der Waals surface area contributed by atoms with E-state index in [1.807, 2.05) is 6.08 Å². The number of ether oxygens (including phenoxy) is 2. The molecule has 0 aromatic heterocycles. The molecule has 0 aromatic rings. The van der Waals surface area contributed by atoms with E-state index in [0.29, 0.717) is 26.1 Å². The predicted octanol–water partition coefficient (Wildman–Crippen LogP) is 9.03. The summed E-state index contributed by atoms with van der Waals surface area (Å²) in [4.78, 5) is 23.6. The number of carbonyl (C=O) groups excluding carboxylic acids is 2. The lowest BCUT2D eigenvalue weighted by Crippen LogP contribution is -2.05. The van der Waals surface area contributed by atoms with Crippen molar-refractivity contribution < 1.29 is 19.1 Å². The maximum atomic E-state index is 11.8. The van der Waals surface area contributed by atoms with Crippen molar-refractivity contribution in [3.05, 3.63) is 23.3 Å². The van der Waals surface area contributed by atoms with Crippen molar-refractivity contribution in [3.8, 4) is 0 Å². The van der Waals surface area contributed by atoms with Gasteiger partial charge in [-0.15, -0.1) is 0 Å². The molecule has 0 N–H and O–H groups in total. The van der Waals surface area contributed by atoms with Crippen molar-refractivity contribution >= 4 is 11.9 Å². The van der Waals surface area contributed by atoms with Gasteiger partial charge >= 0.3 is 11.9 Å². The van der Waals surface area contributed by atoms with Crippen LogP contribution in [0.1, 0.15) is 143 Å². The Hall–Kier alpha value is -1.58. The van der Waals surface area contributed by atoms with Crippen LogP contribution < -0.4 is 0 Å². The van der Waals surface area contributed by atoms with Crippen molar-refractivity contribution in [1.29, 1.82) is 0 Å². The normalized spacial score (nSPS) is 11.4. The maximum Gasteiger partial charge on any atom is 0.306 e. The molecule has 0 saturated heterocycles. The minimum Gasteiger partial charge on any atom is -0.466 e. The van der Waals surface area contributed by atoms with Crippen molar-refractivity contribution in [3.63, 3.8) is 0 Å². The zero-order chi connectivity index (χ0) is 25.3. The molecule has 0 radical (unpaired) electrons. The number of unbranched alkanes of at least 4 members (excludes halogenated alkanes) is 12. The number of rotatable bonds is 23. The van der Waals surface area contributed by atoms with Crippen molar-refractivity contribution in [1.82, 2.24) is 0 Å². The highest BCUT2D eigenvalue weighted by molar-refractivity contribution is 5.69. The van der Waals surface area contributed by atoms with Gasteiger partial charge in [-0.05, 0) is 59.0 Å². The average Bonchev–Trinajstić information content (AvgIpc) is 2.79. The number of carbonyl (C=O) groups is 2. The summed E-state index contributed by atoms with van der Waals surface area (Å²) in [6.45, 7) is 9.51. The molecule has 0 amide bonds. The van der Waals surface area contributed by atoms with Crippen LogP contribution in [0.4, 0.5) is 0 Å². The van der Waals surface area contributed by atoms with E-state index in [1.165, 1.54) is 56.1 Å². The number of allylic oxidation sites excluding steroid dienone is 3. The Morgan fingerprint density at radius 1 is 0.588 bits per heavy atom. The van der Waals surface area contributed by atoms with E-state index in [0.717, 1.165) is 57.8 Å². The average molecular weight is 479 g/mol. The number of hydrogen-bond acceptors (Lipinski definition) is 4. The van der Waals surface area contributed by atoms with E-state index in [9.17, 15) is 9.59 Å². The van der Waals surface area contributed by atoms with E-state index in [-0.39, 0.29) is 11.9 Å². The van der Waals surface area contributed by atoms with E-state index < -0.39 is 0 Å². The highest BCUT2D eigenvalue weighted by Crippen LogP contribution is 2.11. The molecule has 0 aromatic carbocycles. The Balaban J connectivity index is 3.43. The highest BCUT2D eigenvalue weighted by atomic mass is 16.5. The second-order valence-electron chi connectivity index (χ2n) is 9.87. The summed E-state index contributed by atoms with van der Waals surface area (Å²) < 4.78 is 10.6. The quantitative estimate of drug-likeness (QED) is 0.0835. The molecule has 0 aliphatic rings. The first kappa shape index (κ1) is 32.4. The lowest BCUT2D eigenvalue weighted by Gasteiger charge is -2.06. The summed E-state index contributed by atoms with van der Waals surface area (Å²) in [5, 5.41) is 0. The van der Waals surface area contributed by atoms with Crippen LogP contribution in [0.2, 0.25) is 0 Å². The van der Waals surface area contributed by atoms with Crippen molar-refractivity contribution in [2.24, 2.45) is 0 Å². The molecule has 0 spiro atoms. The van der Waals surface area contributed by atoms with Crippen LogP contribution in [0.3, 0.4) is 0 Å². The smallest absolute Gasteiger partial charge is 0.306 e. The van der Waals surface area contributed by atoms with E-state index >= 15 is 0 Å². The molecular weight excluding hydrogens is 424 g/mol. The topological polar surface area (TPSA) is 52.6 Å². The van der Waals surface area contributed by atoms with Gasteiger partial charge in [-0.2, -0.15) is 0 Å². The summed E-state index contributed by atoms with van der Waals surface area (Å²) in [5.74, 6) is -0.153. The second kappa shape index (κ2) is 24.5. The van der Waals surface area contributed by atoms with Gasteiger partial charge in [-0.25, -0.2) is 0 Å². The molecule has 0 atom stereocenters. The molecule has 0 aliphatic heterocycles. The summed E-state index contributed by atoms with van der Waals surface area (Å²) in [6.07, 6.45) is 23.5. The molecule has 0 heterocycles. The summed E-state index contributed by atoms with van der Waals surface area (Å²) in [7, 11) is 0. The Morgan fingerprint density at radius 3 is 1.65 bits per heavy atom. The number of hydrogen-bond donors (Lipinski definition) is 0. The SMILES string of the molecule is CCCCCCCCCCOC(=O)CCCCCCCCC(=O)OC/C=C(\C)CCC=C(C)C. The monoisotopic (exact) mass is 478 g/mol. The Morgan fingerprint density at radius 2 is 1.09 bits per heavy atom. The van der Waals surface area contributed by atoms with Crippen LogP contribution in [-0.4, -0.2) is 25.2 Å². The second-order valence-corrected chi connectivity index (χ2v) is 9.87. The minimum atomic E-state index is -0.104. The van der Waals surface area contributed by atoms with E-state index in [1.54, 1.807) is 0 Å². The van der Waals surface area contributed by atoms with Crippen LogP contribution in [0.5, 0.6) is 0 Å². The van der Waals surface area contributed by atoms with Crippen LogP contribution in [0.15, 0.2) is 23.3 Å². The van der Waals surface area contributed by atoms with Gasteiger partial charge in [0.05, 0.1) is 6.61 Å². The van der Waals surface area contributed by atoms with E-state index in [2.05, 4.69) is 33.8 Å². The number of esters is 2. The standard InChI is InChI=1S/C30H54O4/c1-5-6-7-8-9-12-15-18-25-33-29(31)22-16-13-10-11-14-17-23-30(32)34-26-24-28(4)21-19-20-27(2)3/h20,24H,5-19,21-23,25-26H2,1-4H3/b28-24+. The third kappa shape index (κ3) is 25.1. The molecule has 0 saturated carbocycles. The van der Waals surface area contributed by atoms with Gasteiger partial charge in [0, 0.05) is 12.8 Å². The molecule has 4 nitrogen and oxygen atoms in total. The van der Waals surface area contributed by atoms with Gasteiger partial charge in [0.1, 0.15) is 6.61 Å². The van der Waals surface area contributed by atoms with Gasteiger partial charge in [-0.1, -0.05) is 94.8 Å². The molecule has 0 rings (SSSR count). The molecule has 0 fully saturated rings. The first-order chi connectivity index (χ1) is 16.5. The third-order valence-electron chi connectivity index (χ3n) is 6.04. The van der Waals surface area contributed by atoms with Crippen molar-refractivity contribution in [2.45, 2.75) is 143 Å². The lowest BCUT2D eigenvalue weighted by molar-refractivity contribution is -0.144. The minimum absolute atomic E-state index is 0.0491. The summed E-state index contributed by atoms with van der Waals surface area (Å²) in [6, 6.07) is 0. The van der Waals surface area contributed by atoms with Crippen LogP contribution in [0, 0.1) is 0 Å². The first-order valence-electron chi connectivity index (χ1n) is 14.1.